The lowest BCUT2D eigenvalue weighted by Crippen LogP contribution is -2.25. The van der Waals surface area contributed by atoms with E-state index in [1.54, 1.807) is 13.1 Å². The van der Waals surface area contributed by atoms with Gasteiger partial charge in [0.25, 0.3) is 5.91 Å². The molecule has 0 aliphatic carbocycles. The van der Waals surface area contributed by atoms with Crippen LogP contribution in [0.1, 0.15) is 19.4 Å². The fourth-order valence-corrected chi connectivity index (χ4v) is 2.14. The van der Waals surface area contributed by atoms with E-state index in [0.29, 0.717) is 29.8 Å². The summed E-state index contributed by atoms with van der Waals surface area (Å²) in [6, 6.07) is 5.53. The Bertz CT molecular complexity index is 599. The average Bonchev–Trinajstić information content (AvgIpc) is 2.70. The molecule has 0 bridgehead atoms. The zero-order valence-electron chi connectivity index (χ0n) is 12.3. The zero-order valence-corrected chi connectivity index (χ0v) is 13.1. The summed E-state index contributed by atoms with van der Waals surface area (Å²) in [6.07, 6.45) is 1.73. The predicted molar refractivity (Wildman–Crippen MR) is 85.3 cm³/mol. The third kappa shape index (κ3) is 3.33. The highest BCUT2D eigenvalue weighted by Crippen LogP contribution is 2.27. The van der Waals surface area contributed by atoms with Gasteiger partial charge in [0.1, 0.15) is 17.2 Å². The molecule has 0 spiro atoms. The van der Waals surface area contributed by atoms with E-state index in [9.17, 15) is 4.79 Å². The normalized spacial score (nSPS) is 16.3. The van der Waals surface area contributed by atoms with Crippen molar-refractivity contribution >= 4 is 29.3 Å². The summed E-state index contributed by atoms with van der Waals surface area (Å²) in [7, 11) is 1.64. The number of hydrogen-bond donors (Lipinski definition) is 1. The third-order valence-corrected chi connectivity index (χ3v) is 3.35. The number of amides is 1. The molecule has 6 heteroatoms. The van der Waals surface area contributed by atoms with Crippen LogP contribution in [0.25, 0.3) is 6.08 Å². The van der Waals surface area contributed by atoms with Gasteiger partial charge in [-0.2, -0.15) is 0 Å². The Kier molecular flexibility index (Phi) is 4.80. The first-order chi connectivity index (χ1) is 10.1. The van der Waals surface area contributed by atoms with Crippen molar-refractivity contribution in [1.29, 1.82) is 0 Å². The van der Waals surface area contributed by atoms with Gasteiger partial charge in [0, 0.05) is 18.7 Å². The second-order valence-electron chi connectivity index (χ2n) is 4.42. The van der Waals surface area contributed by atoms with Crippen molar-refractivity contribution < 1.29 is 14.3 Å². The summed E-state index contributed by atoms with van der Waals surface area (Å²) < 4.78 is 11.1. The van der Waals surface area contributed by atoms with Crippen molar-refractivity contribution in [2.45, 2.75) is 13.8 Å². The van der Waals surface area contributed by atoms with Gasteiger partial charge in [0.15, 0.2) is 5.11 Å². The number of thiocarbonyl (C=S) groups is 1. The molecule has 0 saturated carbocycles. The lowest BCUT2D eigenvalue weighted by Gasteiger charge is -2.10. The number of nitrogens with zero attached hydrogens (tertiary/aromatic N) is 1. The second-order valence-corrected chi connectivity index (χ2v) is 4.80. The molecule has 1 aliphatic rings. The summed E-state index contributed by atoms with van der Waals surface area (Å²) in [5, 5.41) is 3.29. The van der Waals surface area contributed by atoms with E-state index in [1.807, 2.05) is 32.0 Å². The number of carbonyl (C=O) groups is 1. The van der Waals surface area contributed by atoms with Gasteiger partial charge in [-0.1, -0.05) is 0 Å². The van der Waals surface area contributed by atoms with E-state index in [1.165, 1.54) is 4.90 Å². The number of benzene rings is 1. The molecule has 0 unspecified atom stereocenters. The van der Waals surface area contributed by atoms with Crippen molar-refractivity contribution in [3.63, 3.8) is 0 Å². The number of likely N-dealkylation sites (N-methyl/N-ethyl adjacent to an activating group) is 1. The number of rotatable bonds is 5. The SMILES string of the molecule is CCOc1ccc(/C=C2/NC(=S)N(C)C2=O)c(OCC)c1. The van der Waals surface area contributed by atoms with E-state index >= 15 is 0 Å². The monoisotopic (exact) mass is 306 g/mol. The largest absolute Gasteiger partial charge is 0.494 e. The van der Waals surface area contributed by atoms with Crippen LogP contribution in [0.15, 0.2) is 23.9 Å². The van der Waals surface area contributed by atoms with Crippen LogP contribution in [-0.4, -0.2) is 36.2 Å². The van der Waals surface area contributed by atoms with Gasteiger partial charge >= 0.3 is 0 Å². The predicted octanol–water partition coefficient (Wildman–Crippen LogP) is 2.17. The van der Waals surface area contributed by atoms with Gasteiger partial charge in [-0.3, -0.25) is 9.69 Å². The Morgan fingerprint density at radius 1 is 1.29 bits per heavy atom. The lowest BCUT2D eigenvalue weighted by molar-refractivity contribution is -0.121. The standard InChI is InChI=1S/C15H18N2O3S/c1-4-19-11-7-6-10(13(9-11)20-5-2)8-12-14(18)17(3)15(21)16-12/h6-9H,4-5H2,1-3H3,(H,16,21)/b12-8+. The zero-order chi connectivity index (χ0) is 15.4. The molecule has 112 valence electrons. The minimum absolute atomic E-state index is 0.156. The van der Waals surface area contributed by atoms with E-state index in [0.717, 1.165) is 11.3 Å². The fraction of sp³-hybridized carbons (Fsp3) is 0.333. The van der Waals surface area contributed by atoms with Gasteiger partial charge in [-0.15, -0.1) is 0 Å². The third-order valence-electron chi connectivity index (χ3n) is 2.98. The highest BCUT2D eigenvalue weighted by atomic mass is 32.1. The summed E-state index contributed by atoms with van der Waals surface area (Å²) >= 11 is 5.05. The molecule has 21 heavy (non-hydrogen) atoms. The smallest absolute Gasteiger partial charge is 0.276 e. The van der Waals surface area contributed by atoms with E-state index in [-0.39, 0.29) is 5.91 Å². The first-order valence-corrected chi connectivity index (χ1v) is 7.18. The van der Waals surface area contributed by atoms with Crippen LogP contribution in [0.4, 0.5) is 0 Å². The van der Waals surface area contributed by atoms with Crippen LogP contribution in [0.3, 0.4) is 0 Å². The van der Waals surface area contributed by atoms with Gasteiger partial charge in [0.05, 0.1) is 13.2 Å². The Hall–Kier alpha value is -2.08. The van der Waals surface area contributed by atoms with E-state index in [4.69, 9.17) is 21.7 Å². The van der Waals surface area contributed by atoms with Gasteiger partial charge in [-0.05, 0) is 44.3 Å². The van der Waals surface area contributed by atoms with Gasteiger partial charge in [0.2, 0.25) is 0 Å². The fourth-order valence-electron chi connectivity index (χ4n) is 1.95. The maximum absolute atomic E-state index is 12.0. The Labute approximate surface area is 129 Å². The molecular formula is C15H18N2O3S. The Morgan fingerprint density at radius 3 is 2.57 bits per heavy atom. The molecular weight excluding hydrogens is 288 g/mol. The molecule has 1 N–H and O–H groups in total. The summed E-state index contributed by atoms with van der Waals surface area (Å²) in [6.45, 7) is 4.96. The summed E-state index contributed by atoms with van der Waals surface area (Å²) in [5.74, 6) is 1.25. The minimum Gasteiger partial charge on any atom is -0.494 e. The molecule has 0 radical (unpaired) electrons. The maximum Gasteiger partial charge on any atom is 0.276 e. The highest BCUT2D eigenvalue weighted by Gasteiger charge is 2.27. The van der Waals surface area contributed by atoms with Crippen LogP contribution < -0.4 is 14.8 Å². The molecule has 1 amide bonds. The first kappa shape index (κ1) is 15.3. The first-order valence-electron chi connectivity index (χ1n) is 6.77. The molecule has 1 fully saturated rings. The number of carbonyl (C=O) groups excluding carboxylic acids is 1. The molecule has 5 nitrogen and oxygen atoms in total. The molecule has 0 atom stereocenters. The molecule has 0 aromatic heterocycles. The molecule has 1 saturated heterocycles. The number of nitrogens with one attached hydrogen (secondary N) is 1. The van der Waals surface area contributed by atoms with Crippen LogP contribution in [0.5, 0.6) is 11.5 Å². The molecule has 2 rings (SSSR count). The van der Waals surface area contributed by atoms with Crippen molar-refractivity contribution in [2.24, 2.45) is 0 Å². The van der Waals surface area contributed by atoms with Crippen molar-refractivity contribution in [3.05, 3.63) is 29.5 Å². The van der Waals surface area contributed by atoms with Gasteiger partial charge < -0.3 is 14.8 Å². The van der Waals surface area contributed by atoms with E-state index in [2.05, 4.69) is 5.32 Å². The highest BCUT2D eigenvalue weighted by molar-refractivity contribution is 7.80. The molecule has 1 aromatic rings. The Balaban J connectivity index is 2.35. The molecule has 1 heterocycles. The summed E-state index contributed by atoms with van der Waals surface area (Å²) in [5.41, 5.74) is 1.24. The van der Waals surface area contributed by atoms with Crippen LogP contribution in [-0.2, 0) is 4.79 Å². The van der Waals surface area contributed by atoms with Crippen LogP contribution >= 0.6 is 12.2 Å². The maximum atomic E-state index is 12.0. The minimum atomic E-state index is -0.156. The van der Waals surface area contributed by atoms with Gasteiger partial charge in [-0.25, -0.2) is 0 Å². The topological polar surface area (TPSA) is 50.8 Å². The average molecular weight is 306 g/mol. The quantitative estimate of drug-likeness (QED) is 0.667. The van der Waals surface area contributed by atoms with Crippen molar-refractivity contribution in [2.75, 3.05) is 20.3 Å². The van der Waals surface area contributed by atoms with Crippen molar-refractivity contribution in [1.82, 2.24) is 10.2 Å². The molecule has 1 aromatic carbocycles. The van der Waals surface area contributed by atoms with E-state index < -0.39 is 0 Å². The molecule has 1 aliphatic heterocycles. The van der Waals surface area contributed by atoms with Crippen molar-refractivity contribution in [3.8, 4) is 11.5 Å². The van der Waals surface area contributed by atoms with Crippen LogP contribution in [0, 0.1) is 0 Å². The number of hydrogen-bond acceptors (Lipinski definition) is 4. The number of ether oxygens (including phenoxy) is 2. The second kappa shape index (κ2) is 6.58. The summed E-state index contributed by atoms with van der Waals surface area (Å²) in [4.78, 5) is 13.4. The van der Waals surface area contributed by atoms with Crippen LogP contribution in [0.2, 0.25) is 0 Å². The Morgan fingerprint density at radius 2 is 2.00 bits per heavy atom. The lowest BCUT2D eigenvalue weighted by atomic mass is 10.1.